The van der Waals surface area contributed by atoms with Crippen LogP contribution in [0.2, 0.25) is 0 Å². The molecule has 0 spiro atoms. The lowest BCUT2D eigenvalue weighted by Crippen LogP contribution is -2.53. The number of hydrogen-bond acceptors (Lipinski definition) is 6. The topological polar surface area (TPSA) is 106 Å². The van der Waals surface area contributed by atoms with E-state index in [0.717, 1.165) is 43.1 Å². The van der Waals surface area contributed by atoms with E-state index in [9.17, 15) is 22.8 Å². The number of nitrogens with two attached hydrogens (primary N) is 1. The summed E-state index contributed by atoms with van der Waals surface area (Å²) >= 11 is 1.01. The molecular formula is C20H25F3N4O3S. The summed E-state index contributed by atoms with van der Waals surface area (Å²) in [6.07, 6.45) is -0.643. The van der Waals surface area contributed by atoms with E-state index < -0.39 is 17.8 Å². The largest absolute Gasteiger partial charge is 0.573 e. The second-order valence-electron chi connectivity index (χ2n) is 8.41. The number of fused-ring (bicyclic) bond motifs is 1. The van der Waals surface area contributed by atoms with Crippen molar-refractivity contribution in [1.29, 1.82) is 0 Å². The van der Waals surface area contributed by atoms with E-state index in [0.29, 0.717) is 16.8 Å². The first kappa shape index (κ1) is 23.3. The molecule has 31 heavy (non-hydrogen) atoms. The van der Waals surface area contributed by atoms with Gasteiger partial charge in [-0.25, -0.2) is 4.98 Å². The number of nitrogens with zero attached hydrogens (tertiary/aromatic N) is 1. The van der Waals surface area contributed by atoms with Crippen LogP contribution in [0.25, 0.3) is 10.2 Å². The molecule has 0 saturated heterocycles. The number of carbonyl (C=O) groups is 2. The molecule has 1 saturated carbocycles. The van der Waals surface area contributed by atoms with Crippen molar-refractivity contribution in [1.82, 2.24) is 10.3 Å². The molecule has 0 bridgehead atoms. The zero-order valence-electron chi connectivity index (χ0n) is 17.3. The molecule has 1 fully saturated rings. The van der Waals surface area contributed by atoms with E-state index in [1.165, 1.54) is 12.1 Å². The first-order valence-electron chi connectivity index (χ1n) is 9.90. The normalized spacial score (nSPS) is 16.3. The number of halogens is 3. The van der Waals surface area contributed by atoms with Crippen LogP contribution >= 0.6 is 11.3 Å². The Hall–Kier alpha value is -2.40. The summed E-state index contributed by atoms with van der Waals surface area (Å²) < 4.78 is 41.5. The number of aromatic nitrogens is 1. The maximum atomic E-state index is 12.7. The van der Waals surface area contributed by atoms with E-state index in [1.807, 2.05) is 0 Å². The number of nitrogens with one attached hydrogen (secondary N) is 2. The summed E-state index contributed by atoms with van der Waals surface area (Å²) in [5.74, 6) is -1.10. The van der Waals surface area contributed by atoms with Crippen LogP contribution in [-0.4, -0.2) is 35.2 Å². The third kappa shape index (κ3) is 5.85. The van der Waals surface area contributed by atoms with Gasteiger partial charge in [0.15, 0.2) is 5.13 Å². The SMILES string of the molecule is CC(C)(NC(=O)CC1(CN)CCCC1)C(=O)Nc1nc2ccc(OC(F)(F)F)cc2s1. The fourth-order valence-electron chi connectivity index (χ4n) is 3.78. The summed E-state index contributed by atoms with van der Waals surface area (Å²) in [5, 5.41) is 5.59. The second kappa shape index (κ2) is 8.62. The van der Waals surface area contributed by atoms with E-state index in [2.05, 4.69) is 20.4 Å². The van der Waals surface area contributed by atoms with Crippen molar-refractivity contribution < 1.29 is 27.5 Å². The van der Waals surface area contributed by atoms with E-state index in [4.69, 9.17) is 5.73 Å². The molecule has 1 aromatic heterocycles. The van der Waals surface area contributed by atoms with Gasteiger partial charge in [-0.3, -0.25) is 14.9 Å². The van der Waals surface area contributed by atoms with Gasteiger partial charge >= 0.3 is 6.36 Å². The lowest BCUT2D eigenvalue weighted by atomic mass is 9.82. The Morgan fingerprint density at radius 2 is 1.94 bits per heavy atom. The molecule has 0 unspecified atom stereocenters. The molecule has 2 amide bonds. The number of amides is 2. The number of hydrogen-bond donors (Lipinski definition) is 3. The van der Waals surface area contributed by atoms with E-state index in [-0.39, 0.29) is 28.6 Å². The molecular weight excluding hydrogens is 433 g/mol. The highest BCUT2D eigenvalue weighted by Crippen LogP contribution is 2.40. The highest BCUT2D eigenvalue weighted by atomic mass is 32.1. The van der Waals surface area contributed by atoms with Crippen molar-refractivity contribution in [2.45, 2.75) is 57.9 Å². The van der Waals surface area contributed by atoms with Gasteiger partial charge in [0.2, 0.25) is 5.91 Å². The van der Waals surface area contributed by atoms with Crippen molar-refractivity contribution in [3.8, 4) is 5.75 Å². The highest BCUT2D eigenvalue weighted by Gasteiger charge is 2.37. The van der Waals surface area contributed by atoms with Gasteiger partial charge in [0, 0.05) is 12.5 Å². The minimum absolute atomic E-state index is 0.208. The molecule has 7 nitrogen and oxygen atoms in total. The predicted octanol–water partition coefficient (Wildman–Crippen LogP) is 3.94. The predicted molar refractivity (Wildman–Crippen MR) is 112 cm³/mol. The fraction of sp³-hybridized carbons (Fsp3) is 0.550. The molecule has 0 atom stereocenters. The van der Waals surface area contributed by atoms with Crippen LogP contribution in [0.15, 0.2) is 18.2 Å². The molecule has 0 radical (unpaired) electrons. The van der Waals surface area contributed by atoms with Crippen LogP contribution in [0.1, 0.15) is 46.0 Å². The zero-order valence-corrected chi connectivity index (χ0v) is 18.1. The average Bonchev–Trinajstić information content (AvgIpc) is 3.26. The van der Waals surface area contributed by atoms with Gasteiger partial charge in [0.1, 0.15) is 11.3 Å². The Morgan fingerprint density at radius 3 is 2.55 bits per heavy atom. The number of carbonyl (C=O) groups excluding carboxylic acids is 2. The molecule has 1 aliphatic rings. The van der Waals surface area contributed by atoms with Gasteiger partial charge in [-0.2, -0.15) is 0 Å². The van der Waals surface area contributed by atoms with Crippen molar-refractivity contribution in [2.75, 3.05) is 11.9 Å². The maximum absolute atomic E-state index is 12.7. The lowest BCUT2D eigenvalue weighted by molar-refractivity contribution is -0.274. The first-order chi connectivity index (χ1) is 14.4. The zero-order chi connectivity index (χ0) is 22.9. The Labute approximate surface area is 181 Å². The van der Waals surface area contributed by atoms with Gasteiger partial charge in [0.25, 0.3) is 5.91 Å². The third-order valence-electron chi connectivity index (χ3n) is 5.47. The monoisotopic (exact) mass is 458 g/mol. The molecule has 3 rings (SSSR count). The summed E-state index contributed by atoms with van der Waals surface area (Å²) in [4.78, 5) is 29.5. The number of ether oxygens (including phenoxy) is 1. The number of thiazole rings is 1. The maximum Gasteiger partial charge on any atom is 0.573 e. The summed E-state index contributed by atoms with van der Waals surface area (Å²) in [7, 11) is 0. The van der Waals surface area contributed by atoms with Crippen LogP contribution in [0, 0.1) is 5.41 Å². The first-order valence-corrected chi connectivity index (χ1v) is 10.7. The Bertz CT molecular complexity index is 968. The van der Waals surface area contributed by atoms with Crippen LogP contribution in [0.3, 0.4) is 0 Å². The Kier molecular flexibility index (Phi) is 6.47. The highest BCUT2D eigenvalue weighted by molar-refractivity contribution is 7.22. The molecule has 1 heterocycles. The standard InChI is InChI=1S/C20H25F3N4O3S/c1-18(2,27-15(28)10-19(11-24)7-3-4-8-19)16(29)26-17-25-13-6-5-12(9-14(13)31-17)30-20(21,22)23/h5-6,9H,3-4,7-8,10-11,24H2,1-2H3,(H,27,28)(H,25,26,29). The van der Waals surface area contributed by atoms with Crippen LogP contribution in [0.4, 0.5) is 18.3 Å². The number of anilines is 1. The molecule has 11 heteroatoms. The lowest BCUT2D eigenvalue weighted by Gasteiger charge is -2.30. The minimum Gasteiger partial charge on any atom is -0.406 e. The van der Waals surface area contributed by atoms with Gasteiger partial charge in [0.05, 0.1) is 10.2 Å². The van der Waals surface area contributed by atoms with E-state index in [1.54, 1.807) is 13.8 Å². The van der Waals surface area contributed by atoms with Gasteiger partial charge in [-0.15, -0.1) is 13.2 Å². The number of alkyl halides is 3. The van der Waals surface area contributed by atoms with Crippen molar-refractivity contribution >= 4 is 38.5 Å². The fourth-order valence-corrected chi connectivity index (χ4v) is 4.67. The molecule has 0 aliphatic heterocycles. The van der Waals surface area contributed by atoms with Crippen LogP contribution in [0.5, 0.6) is 5.75 Å². The van der Waals surface area contributed by atoms with Gasteiger partial charge in [-0.05, 0) is 50.8 Å². The van der Waals surface area contributed by atoms with Crippen LogP contribution in [-0.2, 0) is 9.59 Å². The minimum atomic E-state index is -4.79. The Balaban J connectivity index is 1.65. The quantitative estimate of drug-likeness (QED) is 0.583. The third-order valence-corrected chi connectivity index (χ3v) is 6.40. The van der Waals surface area contributed by atoms with Gasteiger partial charge in [-0.1, -0.05) is 24.2 Å². The van der Waals surface area contributed by atoms with Crippen LogP contribution < -0.4 is 21.1 Å². The van der Waals surface area contributed by atoms with Gasteiger partial charge < -0.3 is 15.8 Å². The molecule has 1 aromatic carbocycles. The molecule has 4 N–H and O–H groups in total. The summed E-state index contributed by atoms with van der Waals surface area (Å²) in [6.45, 7) is 3.58. The van der Waals surface area contributed by atoms with Crippen molar-refractivity contribution in [3.63, 3.8) is 0 Å². The number of benzene rings is 1. The van der Waals surface area contributed by atoms with Crippen molar-refractivity contribution in [2.24, 2.45) is 11.1 Å². The molecule has 2 aromatic rings. The number of rotatable bonds is 7. The molecule has 170 valence electrons. The summed E-state index contributed by atoms with van der Waals surface area (Å²) in [6, 6.07) is 3.74. The summed E-state index contributed by atoms with van der Waals surface area (Å²) in [5.41, 5.74) is 4.88. The smallest absolute Gasteiger partial charge is 0.406 e. The molecule has 1 aliphatic carbocycles. The Morgan fingerprint density at radius 1 is 1.26 bits per heavy atom. The van der Waals surface area contributed by atoms with E-state index >= 15 is 0 Å². The average molecular weight is 459 g/mol. The second-order valence-corrected chi connectivity index (χ2v) is 9.44. The van der Waals surface area contributed by atoms with Crippen molar-refractivity contribution in [3.05, 3.63) is 18.2 Å².